The molecule has 1 aromatic carbocycles. The molecule has 1 amide bonds. The first-order valence-corrected chi connectivity index (χ1v) is 8.83. The minimum Gasteiger partial charge on any atom is -0.497 e. The molecule has 1 heterocycles. The number of benzene rings is 1. The van der Waals surface area contributed by atoms with Crippen LogP contribution < -0.4 is 20.1 Å². The third-order valence-electron chi connectivity index (χ3n) is 3.77. The van der Waals surface area contributed by atoms with Gasteiger partial charge in [0.1, 0.15) is 23.9 Å². The van der Waals surface area contributed by atoms with Gasteiger partial charge in [0.15, 0.2) is 0 Å². The number of hydrogen-bond acceptors (Lipinski definition) is 5. The van der Waals surface area contributed by atoms with E-state index in [1.165, 1.54) is 0 Å². The number of methoxy groups -OCH3 is 1. The Balaban J connectivity index is 1.74. The maximum Gasteiger partial charge on any atom is 0.251 e. The Hall–Kier alpha value is -2.76. The first-order valence-electron chi connectivity index (χ1n) is 8.83. The third kappa shape index (κ3) is 6.63. The van der Waals surface area contributed by atoms with Crippen LogP contribution in [-0.2, 0) is 0 Å². The Morgan fingerprint density at radius 3 is 2.54 bits per heavy atom. The minimum atomic E-state index is -0.141. The van der Waals surface area contributed by atoms with Crippen LogP contribution in [-0.4, -0.2) is 37.7 Å². The number of nitrogens with zero attached hydrogens (tertiary/aromatic N) is 1. The molecule has 6 nitrogen and oxygen atoms in total. The number of carbonyl (C=O) groups is 1. The molecule has 0 aliphatic carbocycles. The minimum absolute atomic E-state index is 0.141. The Labute approximate surface area is 154 Å². The van der Waals surface area contributed by atoms with Crippen LogP contribution >= 0.6 is 0 Å². The highest BCUT2D eigenvalue weighted by atomic mass is 16.5. The van der Waals surface area contributed by atoms with Crippen molar-refractivity contribution >= 4 is 11.7 Å². The summed E-state index contributed by atoms with van der Waals surface area (Å²) >= 11 is 0. The number of aromatic nitrogens is 1. The number of rotatable bonds is 10. The predicted octanol–water partition coefficient (Wildman–Crippen LogP) is 3.36. The standard InChI is InChI=1S/C20H27N3O3/c1-15(2)8-10-21-19-14-16(9-11-22-19)20(24)23-12-13-26-18-6-4-17(25-3)5-7-18/h4-7,9,11,14-15H,8,10,12-13H2,1-3H3,(H,21,22)(H,23,24). The van der Waals surface area contributed by atoms with Gasteiger partial charge in [-0.25, -0.2) is 4.98 Å². The van der Waals surface area contributed by atoms with E-state index in [1.54, 1.807) is 25.4 Å². The van der Waals surface area contributed by atoms with E-state index in [2.05, 4.69) is 29.5 Å². The summed E-state index contributed by atoms with van der Waals surface area (Å²) in [7, 11) is 1.62. The van der Waals surface area contributed by atoms with Crippen molar-refractivity contribution in [2.75, 3.05) is 32.1 Å². The zero-order chi connectivity index (χ0) is 18.8. The van der Waals surface area contributed by atoms with Crippen LogP contribution in [0.4, 0.5) is 5.82 Å². The normalized spacial score (nSPS) is 10.5. The molecule has 6 heteroatoms. The first kappa shape index (κ1) is 19.6. The van der Waals surface area contributed by atoms with Crippen LogP contribution in [0, 0.1) is 5.92 Å². The topological polar surface area (TPSA) is 72.5 Å². The second-order valence-electron chi connectivity index (χ2n) is 6.32. The maximum atomic E-state index is 12.2. The Morgan fingerprint density at radius 2 is 1.85 bits per heavy atom. The summed E-state index contributed by atoms with van der Waals surface area (Å²) in [5.41, 5.74) is 0.580. The molecule has 0 fully saturated rings. The van der Waals surface area contributed by atoms with Crippen LogP contribution in [0.15, 0.2) is 42.6 Å². The van der Waals surface area contributed by atoms with Crippen molar-refractivity contribution in [2.24, 2.45) is 5.92 Å². The van der Waals surface area contributed by atoms with E-state index in [0.717, 1.165) is 24.5 Å². The average molecular weight is 357 g/mol. The van der Waals surface area contributed by atoms with Gasteiger partial charge in [-0.15, -0.1) is 0 Å². The van der Waals surface area contributed by atoms with Gasteiger partial charge in [-0.05, 0) is 48.7 Å². The highest BCUT2D eigenvalue weighted by Gasteiger charge is 2.07. The van der Waals surface area contributed by atoms with Gasteiger partial charge in [0.25, 0.3) is 5.91 Å². The summed E-state index contributed by atoms with van der Waals surface area (Å²) < 4.78 is 10.7. The summed E-state index contributed by atoms with van der Waals surface area (Å²) in [5.74, 6) is 2.71. The molecule has 0 aliphatic rings. The van der Waals surface area contributed by atoms with E-state index in [0.29, 0.717) is 30.5 Å². The maximum absolute atomic E-state index is 12.2. The summed E-state index contributed by atoms with van der Waals surface area (Å²) in [4.78, 5) is 16.5. The molecule has 0 bridgehead atoms. The fourth-order valence-corrected chi connectivity index (χ4v) is 2.26. The van der Waals surface area contributed by atoms with Gasteiger partial charge in [0.05, 0.1) is 13.7 Å². The lowest BCUT2D eigenvalue weighted by Gasteiger charge is -2.10. The van der Waals surface area contributed by atoms with Gasteiger partial charge in [0.2, 0.25) is 0 Å². The lowest BCUT2D eigenvalue weighted by molar-refractivity contribution is 0.0947. The number of carbonyl (C=O) groups excluding carboxylic acids is 1. The number of amides is 1. The van der Waals surface area contributed by atoms with E-state index in [9.17, 15) is 4.79 Å². The molecule has 0 radical (unpaired) electrons. The van der Waals surface area contributed by atoms with Crippen LogP contribution in [0.25, 0.3) is 0 Å². The van der Waals surface area contributed by atoms with E-state index >= 15 is 0 Å². The van der Waals surface area contributed by atoms with Crippen molar-refractivity contribution in [3.63, 3.8) is 0 Å². The van der Waals surface area contributed by atoms with Crippen molar-refractivity contribution in [3.05, 3.63) is 48.2 Å². The first-order chi connectivity index (χ1) is 12.6. The quantitative estimate of drug-likeness (QED) is 0.638. The lowest BCUT2D eigenvalue weighted by atomic mass is 10.1. The molecule has 0 aliphatic heterocycles. The van der Waals surface area contributed by atoms with Crippen LogP contribution in [0.3, 0.4) is 0 Å². The molecule has 0 saturated heterocycles. The molecule has 0 unspecified atom stereocenters. The van der Waals surface area contributed by atoms with E-state index < -0.39 is 0 Å². The molecule has 2 rings (SSSR count). The SMILES string of the molecule is COc1ccc(OCCNC(=O)c2ccnc(NCCC(C)C)c2)cc1. The van der Waals surface area contributed by atoms with Crippen molar-refractivity contribution in [1.29, 1.82) is 0 Å². The van der Waals surface area contributed by atoms with E-state index in [1.807, 2.05) is 24.3 Å². The Kier molecular flexibility index (Phi) is 7.74. The fraction of sp³-hybridized carbons (Fsp3) is 0.400. The van der Waals surface area contributed by atoms with Crippen molar-refractivity contribution in [3.8, 4) is 11.5 Å². The smallest absolute Gasteiger partial charge is 0.251 e. The summed E-state index contributed by atoms with van der Waals surface area (Å²) in [5, 5.41) is 6.09. The summed E-state index contributed by atoms with van der Waals surface area (Å²) in [6.45, 7) is 6.00. The zero-order valence-electron chi connectivity index (χ0n) is 15.6. The van der Waals surface area contributed by atoms with Crippen molar-refractivity contribution in [1.82, 2.24) is 10.3 Å². The molecule has 2 aromatic rings. The summed E-state index contributed by atoms with van der Waals surface area (Å²) in [6.07, 6.45) is 2.70. The third-order valence-corrected chi connectivity index (χ3v) is 3.77. The zero-order valence-corrected chi connectivity index (χ0v) is 15.6. The van der Waals surface area contributed by atoms with Crippen LogP contribution in [0.2, 0.25) is 0 Å². The molecule has 0 saturated carbocycles. The highest BCUT2D eigenvalue weighted by molar-refractivity contribution is 5.94. The van der Waals surface area contributed by atoms with E-state index in [-0.39, 0.29) is 5.91 Å². The highest BCUT2D eigenvalue weighted by Crippen LogP contribution is 2.16. The van der Waals surface area contributed by atoms with Gasteiger partial charge in [0, 0.05) is 18.3 Å². The van der Waals surface area contributed by atoms with Crippen molar-refractivity contribution < 1.29 is 14.3 Å². The molecule has 2 N–H and O–H groups in total. The second kappa shape index (κ2) is 10.3. The van der Waals surface area contributed by atoms with Crippen LogP contribution in [0.5, 0.6) is 11.5 Å². The molecule has 0 atom stereocenters. The van der Waals surface area contributed by atoms with Crippen LogP contribution in [0.1, 0.15) is 30.6 Å². The lowest BCUT2D eigenvalue weighted by Crippen LogP contribution is -2.28. The van der Waals surface area contributed by atoms with Gasteiger partial charge in [-0.2, -0.15) is 0 Å². The molecular weight excluding hydrogens is 330 g/mol. The molecule has 140 valence electrons. The van der Waals surface area contributed by atoms with Gasteiger partial charge >= 0.3 is 0 Å². The number of hydrogen-bond donors (Lipinski definition) is 2. The number of ether oxygens (including phenoxy) is 2. The average Bonchev–Trinajstić information content (AvgIpc) is 2.65. The van der Waals surface area contributed by atoms with Gasteiger partial charge in [-0.1, -0.05) is 13.8 Å². The summed E-state index contributed by atoms with van der Waals surface area (Å²) in [6, 6.07) is 10.8. The molecule has 26 heavy (non-hydrogen) atoms. The number of anilines is 1. The molecule has 1 aromatic heterocycles. The monoisotopic (exact) mass is 357 g/mol. The molecular formula is C20H27N3O3. The predicted molar refractivity (Wildman–Crippen MR) is 103 cm³/mol. The number of pyridine rings is 1. The number of nitrogens with one attached hydrogen (secondary N) is 2. The fourth-order valence-electron chi connectivity index (χ4n) is 2.26. The Bertz CT molecular complexity index is 687. The Morgan fingerprint density at radius 1 is 1.12 bits per heavy atom. The van der Waals surface area contributed by atoms with Crippen molar-refractivity contribution in [2.45, 2.75) is 20.3 Å². The molecule has 0 spiro atoms. The largest absolute Gasteiger partial charge is 0.497 e. The van der Waals surface area contributed by atoms with Gasteiger partial charge in [-0.3, -0.25) is 4.79 Å². The van der Waals surface area contributed by atoms with E-state index in [4.69, 9.17) is 9.47 Å². The second-order valence-corrected chi connectivity index (χ2v) is 6.32. The van der Waals surface area contributed by atoms with Gasteiger partial charge < -0.3 is 20.1 Å².